The van der Waals surface area contributed by atoms with Crippen LogP contribution in [0.4, 0.5) is 0 Å². The van der Waals surface area contributed by atoms with Gasteiger partial charge in [-0.05, 0) is 54.7 Å². The van der Waals surface area contributed by atoms with Gasteiger partial charge in [0.05, 0.1) is 12.2 Å². The number of hydrogen-bond acceptors (Lipinski definition) is 7. The smallest absolute Gasteiger partial charge is 0.326 e. The molecule has 0 aliphatic rings. The van der Waals surface area contributed by atoms with E-state index in [1.807, 2.05) is 71.9 Å². The number of nitrogens with two attached hydrogens (primary N) is 1. The molecule has 1 aromatic carbocycles. The fourth-order valence-corrected chi connectivity index (χ4v) is 4.98. The van der Waals surface area contributed by atoms with Crippen molar-refractivity contribution in [1.82, 2.24) is 31.6 Å². The minimum absolute atomic E-state index is 0.0147. The van der Waals surface area contributed by atoms with Gasteiger partial charge in [-0.3, -0.25) is 19.2 Å². The van der Waals surface area contributed by atoms with Crippen LogP contribution >= 0.6 is 0 Å². The Kier molecular flexibility index (Phi) is 17.4. The molecule has 2 rings (SSSR count). The summed E-state index contributed by atoms with van der Waals surface area (Å²) >= 11 is 0. The third kappa shape index (κ3) is 15.9. The summed E-state index contributed by atoms with van der Waals surface area (Å²) in [6, 6.07) is 11.3. The highest BCUT2D eigenvalue weighted by molar-refractivity contribution is 5.97. The molecule has 0 saturated carbocycles. The van der Waals surface area contributed by atoms with E-state index in [4.69, 9.17) is 5.73 Å². The summed E-state index contributed by atoms with van der Waals surface area (Å²) in [6.07, 6.45) is 1.00. The highest BCUT2D eigenvalue weighted by Gasteiger charge is 2.31. The SMILES string of the molecule is CC(C)C[C@H](NC(=O)[C@H](CC(C)C)NC(=O)[C@H](CC(C)C)NC(=O)c1cccc(CN=C(N)NCCC(=O)NCc2ccccc2)n1)C(=O)O. The van der Waals surface area contributed by atoms with Gasteiger partial charge in [0, 0.05) is 19.5 Å². The number of guanidine groups is 1. The summed E-state index contributed by atoms with van der Waals surface area (Å²) in [5.74, 6) is -2.84. The average Bonchev–Trinajstić information content (AvgIpc) is 3.05. The van der Waals surface area contributed by atoms with Gasteiger partial charge in [-0.2, -0.15) is 0 Å². The van der Waals surface area contributed by atoms with Crippen LogP contribution in [0, 0.1) is 17.8 Å². The summed E-state index contributed by atoms with van der Waals surface area (Å²) in [6.45, 7) is 12.1. The van der Waals surface area contributed by atoms with E-state index < -0.39 is 41.8 Å². The Morgan fingerprint density at radius 3 is 1.88 bits per heavy atom. The van der Waals surface area contributed by atoms with Gasteiger partial charge in [0.2, 0.25) is 17.7 Å². The molecule has 14 nitrogen and oxygen atoms in total. The van der Waals surface area contributed by atoms with Crippen LogP contribution in [0.5, 0.6) is 0 Å². The molecule has 1 heterocycles. The van der Waals surface area contributed by atoms with Crippen LogP contribution in [0.25, 0.3) is 0 Å². The van der Waals surface area contributed by atoms with E-state index in [2.05, 4.69) is 36.6 Å². The normalized spacial score (nSPS) is 13.3. The first-order chi connectivity index (χ1) is 23.6. The van der Waals surface area contributed by atoms with Gasteiger partial charge in [0.1, 0.15) is 23.8 Å². The van der Waals surface area contributed by atoms with Crippen LogP contribution < -0.4 is 32.3 Å². The first-order valence-electron chi connectivity index (χ1n) is 17.1. The maximum atomic E-state index is 13.5. The minimum atomic E-state index is -1.15. The lowest BCUT2D eigenvalue weighted by Crippen LogP contribution is -2.56. The number of aromatic nitrogens is 1. The first-order valence-corrected chi connectivity index (χ1v) is 17.1. The fourth-order valence-electron chi connectivity index (χ4n) is 4.98. The van der Waals surface area contributed by atoms with E-state index >= 15 is 0 Å². The molecule has 0 spiro atoms. The Morgan fingerprint density at radius 2 is 1.30 bits per heavy atom. The van der Waals surface area contributed by atoms with Gasteiger partial charge in [-0.15, -0.1) is 0 Å². The number of nitrogens with zero attached hydrogens (tertiary/aromatic N) is 2. The molecular formula is C36H54N8O6. The number of aliphatic imine (C=N–C) groups is 1. The summed E-state index contributed by atoms with van der Waals surface area (Å²) in [5.41, 5.74) is 7.49. The van der Waals surface area contributed by atoms with Crippen molar-refractivity contribution in [1.29, 1.82) is 0 Å². The number of carbonyl (C=O) groups excluding carboxylic acids is 4. The molecule has 0 aliphatic carbocycles. The molecular weight excluding hydrogens is 640 g/mol. The first kappa shape index (κ1) is 41.2. The zero-order valence-corrected chi connectivity index (χ0v) is 30.0. The number of aliphatic carboxylic acids is 1. The Balaban J connectivity index is 2.01. The van der Waals surface area contributed by atoms with Crippen molar-refractivity contribution < 1.29 is 29.1 Å². The molecule has 8 N–H and O–H groups in total. The lowest BCUT2D eigenvalue weighted by Gasteiger charge is -2.26. The molecule has 4 amide bonds. The van der Waals surface area contributed by atoms with Crippen LogP contribution in [-0.2, 0) is 32.3 Å². The Bertz CT molecular complexity index is 1450. The maximum absolute atomic E-state index is 13.5. The van der Waals surface area contributed by atoms with E-state index in [-0.39, 0.29) is 74.1 Å². The number of hydrogen-bond donors (Lipinski definition) is 7. The quantitative estimate of drug-likeness (QED) is 0.0799. The van der Waals surface area contributed by atoms with Crippen molar-refractivity contribution in [3.63, 3.8) is 0 Å². The molecule has 3 atom stereocenters. The Morgan fingerprint density at radius 1 is 0.740 bits per heavy atom. The molecule has 0 aliphatic heterocycles. The molecule has 274 valence electrons. The van der Waals surface area contributed by atoms with Crippen LogP contribution in [0.1, 0.15) is 89.0 Å². The zero-order chi connectivity index (χ0) is 37.2. The summed E-state index contributed by atoms with van der Waals surface area (Å²) in [4.78, 5) is 72.5. The van der Waals surface area contributed by atoms with Crippen molar-refractivity contribution in [3.05, 3.63) is 65.5 Å². The predicted octanol–water partition coefficient (Wildman–Crippen LogP) is 2.48. The van der Waals surface area contributed by atoms with E-state index in [0.29, 0.717) is 12.2 Å². The zero-order valence-electron chi connectivity index (χ0n) is 30.0. The van der Waals surface area contributed by atoms with Crippen LogP contribution in [0.15, 0.2) is 53.5 Å². The second-order valence-corrected chi connectivity index (χ2v) is 13.5. The summed E-state index contributed by atoms with van der Waals surface area (Å²) in [5, 5.41) is 23.4. The Labute approximate surface area is 294 Å². The van der Waals surface area contributed by atoms with Crippen LogP contribution in [0.2, 0.25) is 0 Å². The van der Waals surface area contributed by atoms with Gasteiger partial charge >= 0.3 is 5.97 Å². The second kappa shape index (κ2) is 21.2. The number of amides is 4. The lowest BCUT2D eigenvalue weighted by molar-refractivity contribution is -0.142. The molecule has 14 heteroatoms. The molecule has 1 aromatic heterocycles. The van der Waals surface area contributed by atoms with E-state index in [0.717, 1.165) is 5.56 Å². The Hall–Kier alpha value is -5.01. The molecule has 0 radical (unpaired) electrons. The molecule has 50 heavy (non-hydrogen) atoms. The second-order valence-electron chi connectivity index (χ2n) is 13.5. The molecule has 0 unspecified atom stereocenters. The predicted molar refractivity (Wildman–Crippen MR) is 192 cm³/mol. The highest BCUT2D eigenvalue weighted by Crippen LogP contribution is 2.12. The van der Waals surface area contributed by atoms with E-state index in [1.54, 1.807) is 12.1 Å². The molecule has 0 fully saturated rings. The van der Waals surface area contributed by atoms with E-state index in [9.17, 15) is 29.1 Å². The number of pyridine rings is 1. The number of carboxylic acids is 1. The van der Waals surface area contributed by atoms with Crippen molar-refractivity contribution >= 4 is 35.6 Å². The molecule has 0 saturated heterocycles. The molecule has 0 bridgehead atoms. The maximum Gasteiger partial charge on any atom is 0.326 e. The largest absolute Gasteiger partial charge is 0.480 e. The van der Waals surface area contributed by atoms with Crippen molar-refractivity contribution in [2.45, 2.75) is 98.4 Å². The van der Waals surface area contributed by atoms with Gasteiger partial charge in [0.25, 0.3) is 5.91 Å². The third-order valence-corrected chi connectivity index (χ3v) is 7.43. The van der Waals surface area contributed by atoms with Crippen molar-refractivity contribution in [3.8, 4) is 0 Å². The summed E-state index contributed by atoms with van der Waals surface area (Å²) < 4.78 is 0. The van der Waals surface area contributed by atoms with Crippen LogP contribution in [0.3, 0.4) is 0 Å². The van der Waals surface area contributed by atoms with Gasteiger partial charge in [0.15, 0.2) is 5.96 Å². The minimum Gasteiger partial charge on any atom is -0.480 e. The van der Waals surface area contributed by atoms with Gasteiger partial charge < -0.3 is 37.4 Å². The number of carboxylic acid groups (broad SMARTS) is 1. The standard InChI is InChI=1S/C36H54N8O6/c1-22(2)17-28(33(47)43-29(18-23(3)4)34(48)44-30(35(49)50)19-24(5)6)42-32(46)27-14-10-13-26(41-27)21-40-36(37)38-16-15-31(45)39-20-25-11-8-7-9-12-25/h7-14,22-24,28-30H,15-21H2,1-6H3,(H,39,45)(H,42,46)(H,43,47)(H,44,48)(H,49,50)(H3,37,38,40)/t28-,29-,30-/m0/s1. The van der Waals surface area contributed by atoms with Crippen molar-refractivity contribution in [2.75, 3.05) is 6.54 Å². The topological polar surface area (TPSA) is 217 Å². The number of rotatable bonds is 20. The monoisotopic (exact) mass is 694 g/mol. The third-order valence-electron chi connectivity index (χ3n) is 7.43. The average molecular weight is 695 g/mol. The summed E-state index contributed by atoms with van der Waals surface area (Å²) in [7, 11) is 0. The number of nitrogens with one attached hydrogen (secondary N) is 5. The molecule has 2 aromatic rings. The lowest BCUT2D eigenvalue weighted by atomic mass is 9.99. The van der Waals surface area contributed by atoms with E-state index in [1.165, 1.54) is 6.07 Å². The van der Waals surface area contributed by atoms with Gasteiger partial charge in [-0.25, -0.2) is 14.8 Å². The fraction of sp³-hybridized carbons (Fsp3) is 0.528. The number of benzene rings is 1. The number of carbonyl (C=O) groups is 5. The van der Waals surface area contributed by atoms with Gasteiger partial charge in [-0.1, -0.05) is 77.9 Å². The highest BCUT2D eigenvalue weighted by atomic mass is 16.4. The van der Waals surface area contributed by atoms with Crippen molar-refractivity contribution in [2.24, 2.45) is 28.5 Å². The van der Waals surface area contributed by atoms with Crippen LogP contribution in [-0.4, -0.2) is 70.3 Å².